The van der Waals surface area contributed by atoms with E-state index in [0.717, 1.165) is 15.8 Å². The lowest BCUT2D eigenvalue weighted by Crippen LogP contribution is -2.48. The minimum absolute atomic E-state index is 0.0103. The molecule has 0 unspecified atom stereocenters. The number of carbonyl (C=O) groups excluding carboxylic acids is 1. The number of fused-ring (bicyclic) bond motifs is 1. The van der Waals surface area contributed by atoms with Crippen molar-refractivity contribution in [3.63, 3.8) is 0 Å². The Kier molecular flexibility index (Phi) is 3.91. The first-order chi connectivity index (χ1) is 13.2. The first-order valence-electron chi connectivity index (χ1n) is 8.39. The topological polar surface area (TPSA) is 72.1 Å². The molecule has 2 aromatic heterocycles. The maximum atomic E-state index is 12.7. The third-order valence-corrected chi connectivity index (χ3v) is 5.65. The van der Waals surface area contributed by atoms with E-state index in [0.29, 0.717) is 35.4 Å². The number of aromatic nitrogens is 3. The molecule has 1 amide bonds. The number of likely N-dealkylation sites (tertiary alicyclic amines) is 1. The first kappa shape index (κ1) is 16.4. The Morgan fingerprint density at radius 3 is 2.96 bits per heavy atom. The highest BCUT2D eigenvalue weighted by Gasteiger charge is 2.36. The number of halogens is 1. The third kappa shape index (κ3) is 2.98. The number of hydrogen-bond acceptors (Lipinski definition) is 6. The molecule has 2 aromatic carbocycles. The van der Waals surface area contributed by atoms with Crippen molar-refractivity contribution >= 4 is 39.1 Å². The van der Waals surface area contributed by atoms with Gasteiger partial charge >= 0.3 is 0 Å². The summed E-state index contributed by atoms with van der Waals surface area (Å²) in [6.45, 7) is 1.13. The summed E-state index contributed by atoms with van der Waals surface area (Å²) < 4.78 is 6.41. The van der Waals surface area contributed by atoms with Crippen molar-refractivity contribution in [2.45, 2.75) is 5.92 Å². The lowest BCUT2D eigenvalue weighted by atomic mass is 9.98. The lowest BCUT2D eigenvalue weighted by molar-refractivity contribution is 0.0569. The second kappa shape index (κ2) is 6.44. The Balaban J connectivity index is 1.28. The molecule has 0 saturated carbocycles. The van der Waals surface area contributed by atoms with E-state index in [9.17, 15) is 4.79 Å². The Morgan fingerprint density at radius 2 is 2.11 bits per heavy atom. The molecule has 4 aromatic rings. The van der Waals surface area contributed by atoms with Crippen LogP contribution in [0, 0.1) is 0 Å². The summed E-state index contributed by atoms with van der Waals surface area (Å²) in [5, 5.41) is 4.66. The molecule has 1 aliphatic rings. The quantitative estimate of drug-likeness (QED) is 0.518. The number of rotatable bonds is 3. The van der Waals surface area contributed by atoms with Crippen LogP contribution in [0.1, 0.15) is 22.2 Å². The van der Waals surface area contributed by atoms with Crippen LogP contribution >= 0.6 is 22.9 Å². The molecule has 0 bridgehead atoms. The van der Waals surface area contributed by atoms with Crippen molar-refractivity contribution in [2.75, 3.05) is 13.1 Å². The van der Waals surface area contributed by atoms with Crippen LogP contribution in [-0.2, 0) is 0 Å². The van der Waals surface area contributed by atoms with Crippen molar-refractivity contribution in [1.82, 2.24) is 20.0 Å². The molecule has 0 aliphatic carbocycles. The third-order valence-electron chi connectivity index (χ3n) is 4.62. The van der Waals surface area contributed by atoms with Gasteiger partial charge in [-0.2, -0.15) is 4.98 Å². The molecule has 0 N–H and O–H groups in total. The molecule has 134 valence electrons. The molecule has 0 atom stereocenters. The van der Waals surface area contributed by atoms with Gasteiger partial charge < -0.3 is 9.42 Å². The van der Waals surface area contributed by atoms with Crippen LogP contribution in [0.5, 0.6) is 0 Å². The van der Waals surface area contributed by atoms with E-state index in [2.05, 4.69) is 15.1 Å². The summed E-state index contributed by atoms with van der Waals surface area (Å²) in [7, 11) is 0. The average Bonchev–Trinajstić information content (AvgIpc) is 3.29. The van der Waals surface area contributed by atoms with Crippen molar-refractivity contribution < 1.29 is 9.32 Å². The standard InChI is InChI=1S/C19H13ClN4O2S/c20-14-3-1-2-11(6-14)17-22-18(26-23-17)13-8-24(9-13)19(25)12-4-5-15-16(7-12)27-10-21-15/h1-7,10,13H,8-9H2. The van der Waals surface area contributed by atoms with Gasteiger partial charge in [0.05, 0.1) is 21.6 Å². The van der Waals surface area contributed by atoms with E-state index in [4.69, 9.17) is 16.1 Å². The van der Waals surface area contributed by atoms with Crippen molar-refractivity contribution in [3.05, 3.63) is 64.5 Å². The van der Waals surface area contributed by atoms with Gasteiger partial charge in [0, 0.05) is 29.2 Å². The van der Waals surface area contributed by atoms with Gasteiger partial charge in [-0.05, 0) is 30.3 Å². The number of carbonyl (C=O) groups is 1. The van der Waals surface area contributed by atoms with Crippen LogP contribution in [-0.4, -0.2) is 39.0 Å². The summed E-state index contributed by atoms with van der Waals surface area (Å²) in [5.74, 6) is 1.12. The van der Waals surface area contributed by atoms with Crippen molar-refractivity contribution in [2.24, 2.45) is 0 Å². The largest absolute Gasteiger partial charge is 0.339 e. The number of nitrogens with zero attached hydrogens (tertiary/aromatic N) is 4. The second-order valence-corrected chi connectivity index (χ2v) is 7.73. The molecule has 3 heterocycles. The van der Waals surface area contributed by atoms with Gasteiger partial charge in [0.2, 0.25) is 11.7 Å². The van der Waals surface area contributed by atoms with Gasteiger partial charge in [0.1, 0.15) is 0 Å². The van der Waals surface area contributed by atoms with Gasteiger partial charge in [-0.1, -0.05) is 28.9 Å². The maximum absolute atomic E-state index is 12.7. The molecule has 1 aliphatic heterocycles. The molecule has 27 heavy (non-hydrogen) atoms. The fourth-order valence-corrected chi connectivity index (χ4v) is 4.02. The van der Waals surface area contributed by atoms with Crippen LogP contribution < -0.4 is 0 Å². The zero-order valence-corrected chi connectivity index (χ0v) is 15.6. The van der Waals surface area contributed by atoms with Gasteiger partial charge in [0.25, 0.3) is 5.91 Å². The first-order valence-corrected chi connectivity index (χ1v) is 9.65. The molecule has 6 nitrogen and oxygen atoms in total. The SMILES string of the molecule is O=C(c1ccc2ncsc2c1)N1CC(c2nc(-c3cccc(Cl)c3)no2)C1. The smallest absolute Gasteiger partial charge is 0.253 e. The summed E-state index contributed by atoms with van der Waals surface area (Å²) in [4.78, 5) is 23.2. The van der Waals surface area contributed by atoms with Crippen LogP contribution in [0.3, 0.4) is 0 Å². The molecular formula is C19H13ClN4O2S. The highest BCUT2D eigenvalue weighted by molar-refractivity contribution is 7.16. The maximum Gasteiger partial charge on any atom is 0.253 e. The lowest BCUT2D eigenvalue weighted by Gasteiger charge is -2.37. The average molecular weight is 397 g/mol. The van der Waals surface area contributed by atoms with Gasteiger partial charge in [-0.25, -0.2) is 4.98 Å². The minimum Gasteiger partial charge on any atom is -0.339 e. The molecule has 5 rings (SSSR count). The van der Waals surface area contributed by atoms with E-state index in [1.54, 1.807) is 22.5 Å². The highest BCUT2D eigenvalue weighted by atomic mass is 35.5. The minimum atomic E-state index is 0.0103. The van der Waals surface area contributed by atoms with E-state index in [-0.39, 0.29) is 11.8 Å². The Labute approximate surface area is 163 Å². The van der Waals surface area contributed by atoms with E-state index in [1.165, 1.54) is 11.3 Å². The predicted octanol–water partition coefficient (Wildman–Crippen LogP) is 4.24. The molecular weight excluding hydrogens is 384 g/mol. The van der Waals surface area contributed by atoms with E-state index >= 15 is 0 Å². The normalized spacial score (nSPS) is 14.5. The zero-order valence-electron chi connectivity index (χ0n) is 14.0. The van der Waals surface area contributed by atoms with Gasteiger partial charge in [-0.3, -0.25) is 4.79 Å². The zero-order chi connectivity index (χ0) is 18.4. The summed E-state index contributed by atoms with van der Waals surface area (Å²) in [5.41, 5.74) is 4.18. The van der Waals surface area contributed by atoms with Crippen LogP contribution in [0.25, 0.3) is 21.6 Å². The number of amides is 1. The van der Waals surface area contributed by atoms with Crippen molar-refractivity contribution in [3.8, 4) is 11.4 Å². The number of hydrogen-bond donors (Lipinski definition) is 0. The van der Waals surface area contributed by atoms with Gasteiger partial charge in [-0.15, -0.1) is 11.3 Å². The monoisotopic (exact) mass is 396 g/mol. The summed E-state index contributed by atoms with van der Waals surface area (Å²) >= 11 is 7.54. The fraction of sp³-hybridized carbons (Fsp3) is 0.158. The predicted molar refractivity (Wildman–Crippen MR) is 103 cm³/mol. The summed E-state index contributed by atoms with van der Waals surface area (Å²) in [6, 6.07) is 12.9. The van der Waals surface area contributed by atoms with Crippen LogP contribution in [0.2, 0.25) is 5.02 Å². The fourth-order valence-electron chi connectivity index (χ4n) is 3.12. The Hall–Kier alpha value is -2.77. The van der Waals surface area contributed by atoms with E-state index in [1.807, 2.05) is 30.3 Å². The Morgan fingerprint density at radius 1 is 1.22 bits per heavy atom. The molecule has 1 fully saturated rings. The van der Waals surface area contributed by atoms with Crippen molar-refractivity contribution in [1.29, 1.82) is 0 Å². The van der Waals surface area contributed by atoms with Crippen LogP contribution in [0.15, 0.2) is 52.5 Å². The molecule has 0 spiro atoms. The molecule has 8 heteroatoms. The van der Waals surface area contributed by atoms with Gasteiger partial charge in [0.15, 0.2) is 0 Å². The molecule has 1 saturated heterocycles. The second-order valence-electron chi connectivity index (χ2n) is 6.41. The number of thiazole rings is 1. The summed E-state index contributed by atoms with van der Waals surface area (Å²) in [6.07, 6.45) is 0. The highest BCUT2D eigenvalue weighted by Crippen LogP contribution is 2.30. The Bertz CT molecular complexity index is 1150. The van der Waals surface area contributed by atoms with E-state index < -0.39 is 0 Å². The molecule has 0 radical (unpaired) electrons. The van der Waals surface area contributed by atoms with Crippen LogP contribution in [0.4, 0.5) is 0 Å². The number of benzene rings is 2.